The molecule has 0 atom stereocenters. The second-order valence-electron chi connectivity index (χ2n) is 3.95. The summed E-state index contributed by atoms with van der Waals surface area (Å²) in [6.07, 6.45) is 2.15. The molecule has 0 bridgehead atoms. The Morgan fingerprint density at radius 2 is 2.33 bits per heavy atom. The van der Waals surface area contributed by atoms with E-state index in [9.17, 15) is 4.79 Å². The van der Waals surface area contributed by atoms with E-state index in [1.165, 1.54) is 0 Å². The summed E-state index contributed by atoms with van der Waals surface area (Å²) in [6, 6.07) is 7.32. The van der Waals surface area contributed by atoms with Gasteiger partial charge < -0.3 is 5.32 Å². The maximum absolute atomic E-state index is 11.7. The van der Waals surface area contributed by atoms with Crippen molar-refractivity contribution in [1.29, 1.82) is 0 Å². The Morgan fingerprint density at radius 1 is 1.50 bits per heavy atom. The molecule has 0 fully saturated rings. The van der Waals surface area contributed by atoms with Crippen LogP contribution in [0.5, 0.6) is 0 Å². The van der Waals surface area contributed by atoms with Gasteiger partial charge in [0.05, 0.1) is 13.0 Å². The SMILES string of the molecule is Cc1cnc(CNC(=O)Cc2cccc(Cl)c2)s1. The summed E-state index contributed by atoms with van der Waals surface area (Å²) in [6.45, 7) is 2.48. The van der Waals surface area contributed by atoms with Gasteiger partial charge in [0.2, 0.25) is 5.91 Å². The van der Waals surface area contributed by atoms with Gasteiger partial charge in [-0.1, -0.05) is 23.7 Å². The van der Waals surface area contributed by atoms with Gasteiger partial charge in [-0.3, -0.25) is 4.79 Å². The first-order valence-corrected chi connectivity index (χ1v) is 6.75. The lowest BCUT2D eigenvalue weighted by atomic mass is 10.1. The molecule has 0 unspecified atom stereocenters. The maximum atomic E-state index is 11.7. The van der Waals surface area contributed by atoms with E-state index in [0.29, 0.717) is 18.0 Å². The first-order valence-electron chi connectivity index (χ1n) is 5.56. The molecule has 0 aliphatic heterocycles. The van der Waals surface area contributed by atoms with E-state index in [0.717, 1.165) is 15.4 Å². The van der Waals surface area contributed by atoms with Crippen LogP contribution in [-0.4, -0.2) is 10.9 Å². The highest BCUT2D eigenvalue weighted by atomic mass is 35.5. The second kappa shape index (κ2) is 5.98. The van der Waals surface area contributed by atoms with Crippen molar-refractivity contribution in [3.05, 3.63) is 50.9 Å². The minimum atomic E-state index is -0.0230. The Kier molecular flexibility index (Phi) is 4.33. The lowest BCUT2D eigenvalue weighted by Gasteiger charge is -2.03. The molecule has 1 amide bonds. The van der Waals surface area contributed by atoms with E-state index < -0.39 is 0 Å². The van der Waals surface area contributed by atoms with E-state index in [1.807, 2.05) is 25.3 Å². The highest BCUT2D eigenvalue weighted by molar-refractivity contribution is 7.11. The quantitative estimate of drug-likeness (QED) is 0.935. The molecule has 0 radical (unpaired) electrons. The molecule has 1 N–H and O–H groups in total. The van der Waals surface area contributed by atoms with Crippen LogP contribution in [0.25, 0.3) is 0 Å². The maximum Gasteiger partial charge on any atom is 0.224 e. The van der Waals surface area contributed by atoms with Crippen molar-refractivity contribution >= 4 is 28.8 Å². The molecule has 18 heavy (non-hydrogen) atoms. The van der Waals surface area contributed by atoms with Gasteiger partial charge in [-0.25, -0.2) is 4.98 Å². The molecule has 2 rings (SSSR count). The predicted octanol–water partition coefficient (Wildman–Crippen LogP) is 2.96. The number of hydrogen-bond acceptors (Lipinski definition) is 3. The number of benzene rings is 1. The number of carbonyl (C=O) groups is 1. The summed E-state index contributed by atoms with van der Waals surface area (Å²) in [5, 5.41) is 4.42. The van der Waals surface area contributed by atoms with Gasteiger partial charge in [-0.05, 0) is 24.6 Å². The zero-order chi connectivity index (χ0) is 13.0. The minimum absolute atomic E-state index is 0.0230. The van der Waals surface area contributed by atoms with Crippen LogP contribution >= 0.6 is 22.9 Å². The Labute approximate surface area is 115 Å². The standard InChI is InChI=1S/C13H13ClN2OS/c1-9-7-16-13(18-9)8-15-12(17)6-10-3-2-4-11(14)5-10/h2-5,7H,6,8H2,1H3,(H,15,17). The Balaban J connectivity index is 1.85. The number of carbonyl (C=O) groups excluding carboxylic acids is 1. The Morgan fingerprint density at radius 3 is 3.00 bits per heavy atom. The number of aryl methyl sites for hydroxylation is 1. The molecular weight excluding hydrogens is 268 g/mol. The van der Waals surface area contributed by atoms with Gasteiger partial charge in [-0.15, -0.1) is 11.3 Å². The number of hydrogen-bond donors (Lipinski definition) is 1. The first kappa shape index (κ1) is 13.1. The molecule has 1 aromatic carbocycles. The van der Waals surface area contributed by atoms with Crippen LogP contribution in [0.3, 0.4) is 0 Å². The third kappa shape index (κ3) is 3.82. The van der Waals surface area contributed by atoms with Crippen LogP contribution in [0.1, 0.15) is 15.4 Å². The Hall–Kier alpha value is -1.39. The third-order valence-electron chi connectivity index (χ3n) is 2.36. The predicted molar refractivity (Wildman–Crippen MR) is 73.9 cm³/mol. The van der Waals surface area contributed by atoms with Crippen LogP contribution in [0, 0.1) is 6.92 Å². The third-order valence-corrected chi connectivity index (χ3v) is 3.51. The van der Waals surface area contributed by atoms with Gasteiger partial charge in [-0.2, -0.15) is 0 Å². The van der Waals surface area contributed by atoms with Crippen molar-refractivity contribution < 1.29 is 4.79 Å². The molecule has 1 heterocycles. The normalized spacial score (nSPS) is 10.3. The molecule has 0 saturated carbocycles. The van der Waals surface area contributed by atoms with Gasteiger partial charge >= 0.3 is 0 Å². The van der Waals surface area contributed by atoms with E-state index in [4.69, 9.17) is 11.6 Å². The zero-order valence-electron chi connectivity index (χ0n) is 9.94. The van der Waals surface area contributed by atoms with Crippen molar-refractivity contribution in [1.82, 2.24) is 10.3 Å². The summed E-state index contributed by atoms with van der Waals surface area (Å²) in [4.78, 5) is 17.1. The fourth-order valence-electron chi connectivity index (χ4n) is 1.55. The fraction of sp³-hybridized carbons (Fsp3) is 0.231. The van der Waals surface area contributed by atoms with Gasteiger partial charge in [0, 0.05) is 16.1 Å². The van der Waals surface area contributed by atoms with Crippen molar-refractivity contribution in [2.45, 2.75) is 19.9 Å². The molecular formula is C13H13ClN2OS. The van der Waals surface area contributed by atoms with Gasteiger partial charge in [0.1, 0.15) is 5.01 Å². The van der Waals surface area contributed by atoms with Gasteiger partial charge in [0.15, 0.2) is 0 Å². The van der Waals surface area contributed by atoms with Crippen molar-refractivity contribution in [2.75, 3.05) is 0 Å². The van der Waals surface area contributed by atoms with Crippen molar-refractivity contribution in [3.63, 3.8) is 0 Å². The van der Waals surface area contributed by atoms with E-state index in [1.54, 1.807) is 23.5 Å². The average Bonchev–Trinajstić information content (AvgIpc) is 2.73. The zero-order valence-corrected chi connectivity index (χ0v) is 11.5. The number of nitrogens with one attached hydrogen (secondary N) is 1. The highest BCUT2D eigenvalue weighted by Gasteiger charge is 2.05. The van der Waals surface area contributed by atoms with E-state index >= 15 is 0 Å². The fourth-order valence-corrected chi connectivity index (χ4v) is 2.49. The molecule has 0 saturated heterocycles. The average molecular weight is 281 g/mol. The summed E-state index contributed by atoms with van der Waals surface area (Å²) in [7, 11) is 0. The van der Waals surface area contributed by atoms with E-state index in [-0.39, 0.29) is 5.91 Å². The highest BCUT2D eigenvalue weighted by Crippen LogP contribution is 2.12. The van der Waals surface area contributed by atoms with Crippen LogP contribution in [-0.2, 0) is 17.8 Å². The molecule has 5 heteroatoms. The monoisotopic (exact) mass is 280 g/mol. The first-order chi connectivity index (χ1) is 8.63. The number of nitrogens with zero attached hydrogens (tertiary/aromatic N) is 1. The smallest absolute Gasteiger partial charge is 0.224 e. The Bertz CT molecular complexity index is 553. The lowest BCUT2D eigenvalue weighted by Crippen LogP contribution is -2.24. The summed E-state index contributed by atoms with van der Waals surface area (Å²) in [5.74, 6) is -0.0230. The molecule has 3 nitrogen and oxygen atoms in total. The number of aromatic nitrogens is 1. The number of amides is 1. The molecule has 0 aliphatic rings. The van der Waals surface area contributed by atoms with Crippen LogP contribution in [0.15, 0.2) is 30.5 Å². The van der Waals surface area contributed by atoms with Crippen LogP contribution in [0.4, 0.5) is 0 Å². The minimum Gasteiger partial charge on any atom is -0.349 e. The summed E-state index contributed by atoms with van der Waals surface area (Å²) >= 11 is 7.46. The van der Waals surface area contributed by atoms with Gasteiger partial charge in [0.25, 0.3) is 0 Å². The molecule has 0 aliphatic carbocycles. The molecule has 0 spiro atoms. The van der Waals surface area contributed by atoms with Crippen molar-refractivity contribution in [3.8, 4) is 0 Å². The molecule has 2 aromatic rings. The number of rotatable bonds is 4. The summed E-state index contributed by atoms with van der Waals surface area (Å²) < 4.78 is 0. The topological polar surface area (TPSA) is 42.0 Å². The number of halogens is 1. The second-order valence-corrected chi connectivity index (χ2v) is 5.70. The van der Waals surface area contributed by atoms with Crippen molar-refractivity contribution in [2.24, 2.45) is 0 Å². The van der Waals surface area contributed by atoms with Crippen LogP contribution in [0.2, 0.25) is 5.02 Å². The largest absolute Gasteiger partial charge is 0.349 e. The molecule has 1 aromatic heterocycles. The molecule has 94 valence electrons. The number of thiazole rings is 1. The van der Waals surface area contributed by atoms with Crippen LogP contribution < -0.4 is 5.32 Å². The summed E-state index contributed by atoms with van der Waals surface area (Å²) in [5.41, 5.74) is 0.912. The lowest BCUT2D eigenvalue weighted by molar-refractivity contribution is -0.120. The van der Waals surface area contributed by atoms with E-state index in [2.05, 4.69) is 10.3 Å².